The van der Waals surface area contributed by atoms with E-state index in [0.717, 1.165) is 38.5 Å². The minimum absolute atomic E-state index is 0.312. The van der Waals surface area contributed by atoms with Crippen molar-refractivity contribution in [2.45, 2.75) is 194 Å². The van der Waals surface area contributed by atoms with Crippen molar-refractivity contribution < 1.29 is 19.8 Å². The molecule has 0 amide bonds. The van der Waals surface area contributed by atoms with Gasteiger partial charge >= 0.3 is 11.9 Å². The Morgan fingerprint density at radius 1 is 0.375 bits per heavy atom. The van der Waals surface area contributed by atoms with Crippen molar-refractivity contribution in [3.63, 3.8) is 0 Å². The number of allylic oxidation sites excluding steroid dienone is 4. The first-order valence-corrected chi connectivity index (χ1v) is 17.3. The van der Waals surface area contributed by atoms with Crippen molar-refractivity contribution in [2.75, 3.05) is 0 Å². The molecule has 0 saturated carbocycles. The average molecular weight is 565 g/mol. The first-order chi connectivity index (χ1) is 19.5. The summed E-state index contributed by atoms with van der Waals surface area (Å²) < 4.78 is 0. The largest absolute Gasteiger partial charge is 0.481 e. The molecule has 40 heavy (non-hydrogen) atoms. The van der Waals surface area contributed by atoms with Gasteiger partial charge < -0.3 is 10.2 Å². The van der Waals surface area contributed by atoms with Crippen molar-refractivity contribution in [2.24, 2.45) is 0 Å². The highest BCUT2D eigenvalue weighted by Crippen LogP contribution is 2.12. The van der Waals surface area contributed by atoms with E-state index in [0.29, 0.717) is 12.8 Å². The van der Waals surface area contributed by atoms with Crippen molar-refractivity contribution >= 4 is 11.9 Å². The van der Waals surface area contributed by atoms with Crippen LogP contribution in [0.4, 0.5) is 0 Å². The molecular formula is C36H68O4. The molecule has 2 N–H and O–H groups in total. The Labute approximate surface area is 249 Å². The molecule has 0 aliphatic rings. The third kappa shape index (κ3) is 43.5. The molecule has 4 heteroatoms. The SMILES string of the molecule is CCCCCCCCCCC/C=C/CCCCC(=O)O.CCCCCCCCCCC/C=C\CCCCC(=O)O. The molecule has 0 aliphatic heterocycles. The van der Waals surface area contributed by atoms with Crippen LogP contribution in [-0.2, 0) is 9.59 Å². The molecule has 0 spiro atoms. The number of carbonyl (C=O) groups is 2. The van der Waals surface area contributed by atoms with E-state index in [1.807, 2.05) is 0 Å². The molecule has 0 bridgehead atoms. The first-order valence-electron chi connectivity index (χ1n) is 17.3. The summed E-state index contributed by atoms with van der Waals surface area (Å²) >= 11 is 0. The average Bonchev–Trinajstić information content (AvgIpc) is 2.93. The van der Waals surface area contributed by atoms with E-state index in [-0.39, 0.29) is 0 Å². The molecule has 0 radical (unpaired) electrons. The van der Waals surface area contributed by atoms with Gasteiger partial charge in [-0.3, -0.25) is 9.59 Å². The second-order valence-electron chi connectivity index (χ2n) is 11.5. The summed E-state index contributed by atoms with van der Waals surface area (Å²) in [6.45, 7) is 4.53. The highest BCUT2D eigenvalue weighted by atomic mass is 16.4. The zero-order valence-corrected chi connectivity index (χ0v) is 26.8. The van der Waals surface area contributed by atoms with Gasteiger partial charge in [0.05, 0.1) is 0 Å². The van der Waals surface area contributed by atoms with Crippen LogP contribution in [0.2, 0.25) is 0 Å². The van der Waals surface area contributed by atoms with E-state index in [1.165, 1.54) is 128 Å². The quantitative estimate of drug-likeness (QED) is 0.0672. The number of aliphatic carboxylic acids is 2. The lowest BCUT2D eigenvalue weighted by molar-refractivity contribution is -0.138. The van der Waals surface area contributed by atoms with Gasteiger partial charge in [0.2, 0.25) is 0 Å². The third-order valence-corrected chi connectivity index (χ3v) is 7.30. The number of hydrogen-bond donors (Lipinski definition) is 2. The van der Waals surface area contributed by atoms with Crippen molar-refractivity contribution in [1.82, 2.24) is 0 Å². The van der Waals surface area contributed by atoms with E-state index >= 15 is 0 Å². The lowest BCUT2D eigenvalue weighted by Gasteiger charge is -2.00. The standard InChI is InChI=1S/2C18H34O2/c2*1-2-3-4-5-6-7-8-9-10-11-12-13-14-15-16-17-18(19)20/h2*12-13H,2-11,14-17H2,1H3,(H,19,20)/b13-12+;13-12-. The van der Waals surface area contributed by atoms with E-state index in [9.17, 15) is 9.59 Å². The van der Waals surface area contributed by atoms with Gasteiger partial charge in [-0.05, 0) is 64.2 Å². The van der Waals surface area contributed by atoms with Gasteiger partial charge in [0.25, 0.3) is 0 Å². The van der Waals surface area contributed by atoms with Crippen LogP contribution in [0.15, 0.2) is 24.3 Å². The first kappa shape index (κ1) is 40.6. The van der Waals surface area contributed by atoms with Crippen LogP contribution in [0.1, 0.15) is 194 Å². The second kappa shape index (κ2) is 37.4. The molecular weight excluding hydrogens is 496 g/mol. The fraction of sp³-hybridized carbons (Fsp3) is 0.833. The molecule has 0 saturated heterocycles. The molecule has 0 rings (SSSR count). The van der Waals surface area contributed by atoms with Crippen LogP contribution in [0.3, 0.4) is 0 Å². The topological polar surface area (TPSA) is 74.6 Å². The van der Waals surface area contributed by atoms with Gasteiger partial charge in [-0.1, -0.05) is 141 Å². The van der Waals surface area contributed by atoms with Gasteiger partial charge in [-0.2, -0.15) is 0 Å². The lowest BCUT2D eigenvalue weighted by atomic mass is 10.1. The highest BCUT2D eigenvalue weighted by molar-refractivity contribution is 5.66. The maximum absolute atomic E-state index is 10.3. The summed E-state index contributed by atoms with van der Waals surface area (Å²) in [5.41, 5.74) is 0. The maximum Gasteiger partial charge on any atom is 0.303 e. The molecule has 0 aliphatic carbocycles. The van der Waals surface area contributed by atoms with Gasteiger partial charge in [0.15, 0.2) is 0 Å². The van der Waals surface area contributed by atoms with E-state index in [2.05, 4.69) is 38.2 Å². The summed E-state index contributed by atoms with van der Waals surface area (Å²) in [7, 11) is 0. The normalized spacial score (nSPS) is 11.2. The number of carboxylic acids is 2. The Balaban J connectivity index is 0. The summed E-state index contributed by atoms with van der Waals surface area (Å²) in [5, 5.41) is 17.0. The Kier molecular flexibility index (Phi) is 37.9. The van der Waals surface area contributed by atoms with Crippen LogP contribution >= 0.6 is 0 Å². The number of rotatable bonds is 30. The minimum atomic E-state index is -0.677. The van der Waals surface area contributed by atoms with Gasteiger partial charge in [-0.25, -0.2) is 0 Å². The Bertz CT molecular complexity index is 517. The number of carboxylic acid groups (broad SMARTS) is 2. The molecule has 0 fully saturated rings. The Morgan fingerprint density at radius 2 is 0.600 bits per heavy atom. The Hall–Kier alpha value is -1.58. The molecule has 0 unspecified atom stereocenters. The summed E-state index contributed by atoms with van der Waals surface area (Å²) in [6.07, 6.45) is 42.5. The molecule has 0 atom stereocenters. The van der Waals surface area contributed by atoms with Crippen molar-refractivity contribution in [1.29, 1.82) is 0 Å². The van der Waals surface area contributed by atoms with Crippen LogP contribution in [-0.4, -0.2) is 22.2 Å². The van der Waals surface area contributed by atoms with Crippen molar-refractivity contribution in [3.8, 4) is 0 Å². The molecule has 0 aromatic rings. The minimum Gasteiger partial charge on any atom is -0.481 e. The lowest BCUT2D eigenvalue weighted by Crippen LogP contribution is -1.92. The third-order valence-electron chi connectivity index (χ3n) is 7.30. The second-order valence-corrected chi connectivity index (χ2v) is 11.5. The fourth-order valence-electron chi connectivity index (χ4n) is 4.69. The molecule has 0 aromatic carbocycles. The monoisotopic (exact) mass is 565 g/mol. The van der Waals surface area contributed by atoms with Crippen LogP contribution in [0.5, 0.6) is 0 Å². The van der Waals surface area contributed by atoms with Gasteiger partial charge in [-0.15, -0.1) is 0 Å². The number of unbranched alkanes of at least 4 members (excludes halogenated alkanes) is 22. The van der Waals surface area contributed by atoms with Crippen molar-refractivity contribution in [3.05, 3.63) is 24.3 Å². The van der Waals surface area contributed by atoms with E-state index in [4.69, 9.17) is 10.2 Å². The molecule has 4 nitrogen and oxygen atoms in total. The molecule has 0 heterocycles. The van der Waals surface area contributed by atoms with E-state index in [1.54, 1.807) is 0 Å². The van der Waals surface area contributed by atoms with Gasteiger partial charge in [0, 0.05) is 12.8 Å². The predicted molar refractivity (Wildman–Crippen MR) is 174 cm³/mol. The maximum atomic E-state index is 10.3. The highest BCUT2D eigenvalue weighted by Gasteiger charge is 1.96. The zero-order chi connectivity index (χ0) is 29.8. The van der Waals surface area contributed by atoms with Crippen LogP contribution in [0, 0.1) is 0 Å². The Morgan fingerprint density at radius 3 is 0.850 bits per heavy atom. The smallest absolute Gasteiger partial charge is 0.303 e. The van der Waals surface area contributed by atoms with Crippen LogP contribution < -0.4 is 0 Å². The molecule has 236 valence electrons. The van der Waals surface area contributed by atoms with E-state index < -0.39 is 11.9 Å². The zero-order valence-electron chi connectivity index (χ0n) is 26.8. The number of hydrogen-bond acceptors (Lipinski definition) is 2. The predicted octanol–water partition coefficient (Wildman–Crippen LogP) is 12.2. The fourth-order valence-corrected chi connectivity index (χ4v) is 4.69. The van der Waals surface area contributed by atoms with Gasteiger partial charge in [0.1, 0.15) is 0 Å². The summed E-state index contributed by atoms with van der Waals surface area (Å²) in [6, 6.07) is 0. The van der Waals surface area contributed by atoms with Crippen LogP contribution in [0.25, 0.3) is 0 Å². The molecule has 0 aromatic heterocycles. The summed E-state index contributed by atoms with van der Waals surface area (Å²) in [4.78, 5) is 20.6. The summed E-state index contributed by atoms with van der Waals surface area (Å²) in [5.74, 6) is -1.35.